The highest BCUT2D eigenvalue weighted by molar-refractivity contribution is 5.70. The maximum Gasteiger partial charge on any atom is 0.147 e. The van der Waals surface area contributed by atoms with E-state index in [4.69, 9.17) is 0 Å². The predicted molar refractivity (Wildman–Crippen MR) is 95.5 cm³/mol. The Hall–Kier alpha value is -2.97. The number of nitrogens with zero attached hydrogens (tertiary/aromatic N) is 5. The number of aryl methyl sites for hydroxylation is 1. The SMILES string of the molecule is Cc1nnc2n1CCN(Cc1ccc(-c3ccccc3C#N)cc1)C2. The Labute approximate surface area is 147 Å². The van der Waals surface area contributed by atoms with E-state index in [-0.39, 0.29) is 0 Å². The van der Waals surface area contributed by atoms with Crippen LogP contribution in [-0.2, 0) is 19.6 Å². The lowest BCUT2D eigenvalue weighted by molar-refractivity contribution is 0.208. The summed E-state index contributed by atoms with van der Waals surface area (Å²) in [5.74, 6) is 2.04. The summed E-state index contributed by atoms with van der Waals surface area (Å²) in [6, 6.07) is 18.5. The first-order chi connectivity index (χ1) is 12.2. The normalized spacial score (nSPS) is 14.1. The summed E-state index contributed by atoms with van der Waals surface area (Å²) in [4.78, 5) is 2.39. The van der Waals surface area contributed by atoms with Gasteiger partial charge in [0.25, 0.3) is 0 Å². The van der Waals surface area contributed by atoms with Crippen LogP contribution in [0.5, 0.6) is 0 Å². The van der Waals surface area contributed by atoms with E-state index < -0.39 is 0 Å². The molecule has 0 bridgehead atoms. The number of fused-ring (bicyclic) bond motifs is 1. The molecule has 5 heteroatoms. The van der Waals surface area contributed by atoms with Crippen molar-refractivity contribution in [3.63, 3.8) is 0 Å². The Morgan fingerprint density at radius 2 is 1.84 bits per heavy atom. The van der Waals surface area contributed by atoms with Gasteiger partial charge in [0.15, 0.2) is 0 Å². The minimum atomic E-state index is 0.709. The minimum absolute atomic E-state index is 0.709. The van der Waals surface area contributed by atoms with E-state index in [9.17, 15) is 5.26 Å². The summed E-state index contributed by atoms with van der Waals surface area (Å²) >= 11 is 0. The molecule has 2 heterocycles. The summed E-state index contributed by atoms with van der Waals surface area (Å²) in [5.41, 5.74) is 4.04. The lowest BCUT2D eigenvalue weighted by Crippen LogP contribution is -2.33. The molecule has 1 aliphatic rings. The van der Waals surface area contributed by atoms with Gasteiger partial charge in [0.2, 0.25) is 0 Å². The van der Waals surface area contributed by atoms with Crippen molar-refractivity contribution >= 4 is 0 Å². The van der Waals surface area contributed by atoms with Crippen molar-refractivity contribution in [3.05, 3.63) is 71.3 Å². The van der Waals surface area contributed by atoms with Gasteiger partial charge in [0.1, 0.15) is 11.6 Å². The quantitative estimate of drug-likeness (QED) is 0.741. The van der Waals surface area contributed by atoms with E-state index in [1.807, 2.05) is 31.2 Å². The van der Waals surface area contributed by atoms with Crippen molar-refractivity contribution in [2.24, 2.45) is 0 Å². The highest BCUT2D eigenvalue weighted by Gasteiger charge is 2.19. The van der Waals surface area contributed by atoms with Crippen LogP contribution in [0.2, 0.25) is 0 Å². The van der Waals surface area contributed by atoms with Crippen LogP contribution >= 0.6 is 0 Å². The van der Waals surface area contributed by atoms with Crippen molar-refractivity contribution in [1.29, 1.82) is 5.26 Å². The number of nitriles is 1. The molecule has 2 aromatic carbocycles. The van der Waals surface area contributed by atoms with Gasteiger partial charge in [-0.3, -0.25) is 4.90 Å². The van der Waals surface area contributed by atoms with E-state index in [0.717, 1.165) is 49.0 Å². The fourth-order valence-corrected chi connectivity index (χ4v) is 3.37. The van der Waals surface area contributed by atoms with Crippen LogP contribution in [0.15, 0.2) is 48.5 Å². The van der Waals surface area contributed by atoms with Gasteiger partial charge in [-0.15, -0.1) is 10.2 Å². The first-order valence-electron chi connectivity index (χ1n) is 8.44. The third-order valence-corrected chi connectivity index (χ3v) is 4.74. The highest BCUT2D eigenvalue weighted by atomic mass is 15.3. The van der Waals surface area contributed by atoms with Crippen molar-refractivity contribution < 1.29 is 0 Å². The molecule has 5 nitrogen and oxygen atoms in total. The number of hydrogen-bond acceptors (Lipinski definition) is 4. The van der Waals surface area contributed by atoms with E-state index in [0.29, 0.717) is 5.56 Å². The van der Waals surface area contributed by atoms with E-state index in [2.05, 4.69) is 50.0 Å². The third kappa shape index (κ3) is 3.04. The van der Waals surface area contributed by atoms with E-state index in [1.54, 1.807) is 0 Å². The molecule has 0 fully saturated rings. The molecule has 25 heavy (non-hydrogen) atoms. The largest absolute Gasteiger partial charge is 0.313 e. The maximum atomic E-state index is 9.26. The van der Waals surface area contributed by atoms with E-state index in [1.165, 1.54) is 5.56 Å². The van der Waals surface area contributed by atoms with Crippen LogP contribution in [-0.4, -0.2) is 26.2 Å². The monoisotopic (exact) mass is 329 g/mol. The fraction of sp³-hybridized carbons (Fsp3) is 0.250. The predicted octanol–water partition coefficient (Wildman–Crippen LogP) is 3.14. The van der Waals surface area contributed by atoms with Gasteiger partial charge in [-0.05, 0) is 29.7 Å². The molecule has 1 aliphatic heterocycles. The molecular formula is C20H19N5. The summed E-state index contributed by atoms with van der Waals surface area (Å²) < 4.78 is 2.19. The third-order valence-electron chi connectivity index (χ3n) is 4.74. The van der Waals surface area contributed by atoms with Crippen molar-refractivity contribution in [2.75, 3.05) is 6.54 Å². The first kappa shape index (κ1) is 15.6. The molecule has 0 saturated carbocycles. The molecule has 0 spiro atoms. The lowest BCUT2D eigenvalue weighted by Gasteiger charge is -2.27. The Balaban J connectivity index is 1.49. The average Bonchev–Trinajstić information content (AvgIpc) is 3.03. The van der Waals surface area contributed by atoms with E-state index >= 15 is 0 Å². The second-order valence-electron chi connectivity index (χ2n) is 6.38. The molecule has 0 radical (unpaired) electrons. The molecule has 0 amide bonds. The number of aromatic nitrogens is 3. The second-order valence-corrected chi connectivity index (χ2v) is 6.38. The molecule has 0 aliphatic carbocycles. The van der Waals surface area contributed by atoms with Gasteiger partial charge in [0, 0.05) is 19.6 Å². The van der Waals surface area contributed by atoms with Crippen LogP contribution < -0.4 is 0 Å². The van der Waals surface area contributed by atoms with Crippen LogP contribution in [0, 0.1) is 18.3 Å². The lowest BCUT2D eigenvalue weighted by atomic mass is 9.99. The van der Waals surface area contributed by atoms with Crippen molar-refractivity contribution in [3.8, 4) is 17.2 Å². The Morgan fingerprint density at radius 1 is 1.04 bits per heavy atom. The van der Waals surface area contributed by atoms with Gasteiger partial charge in [0.05, 0.1) is 18.2 Å². The summed E-state index contributed by atoms with van der Waals surface area (Å²) in [6.45, 7) is 5.68. The minimum Gasteiger partial charge on any atom is -0.313 e. The Kier molecular flexibility index (Phi) is 4.04. The van der Waals surface area contributed by atoms with Crippen molar-refractivity contribution in [1.82, 2.24) is 19.7 Å². The molecule has 124 valence electrons. The Bertz CT molecular complexity index is 933. The Morgan fingerprint density at radius 3 is 2.64 bits per heavy atom. The zero-order chi connectivity index (χ0) is 17.2. The maximum absolute atomic E-state index is 9.26. The summed E-state index contributed by atoms with van der Waals surface area (Å²) in [7, 11) is 0. The first-order valence-corrected chi connectivity index (χ1v) is 8.44. The van der Waals surface area contributed by atoms with Gasteiger partial charge < -0.3 is 4.57 Å². The van der Waals surface area contributed by atoms with Crippen LogP contribution in [0.1, 0.15) is 22.8 Å². The second kappa shape index (κ2) is 6.50. The number of hydrogen-bond donors (Lipinski definition) is 0. The number of rotatable bonds is 3. The average molecular weight is 329 g/mol. The zero-order valence-electron chi connectivity index (χ0n) is 14.2. The highest BCUT2D eigenvalue weighted by Crippen LogP contribution is 2.24. The van der Waals surface area contributed by atoms with Crippen LogP contribution in [0.4, 0.5) is 0 Å². The van der Waals surface area contributed by atoms with Crippen molar-refractivity contribution in [2.45, 2.75) is 26.6 Å². The smallest absolute Gasteiger partial charge is 0.147 e. The van der Waals surface area contributed by atoms with Gasteiger partial charge >= 0.3 is 0 Å². The van der Waals surface area contributed by atoms with Crippen LogP contribution in [0.3, 0.4) is 0 Å². The fourth-order valence-electron chi connectivity index (χ4n) is 3.37. The molecule has 0 atom stereocenters. The standard InChI is InChI=1S/C20H19N5/c1-15-22-23-20-14-24(10-11-25(15)20)13-16-6-8-17(9-7-16)19-5-3-2-4-18(19)12-21/h2-9H,10-11,13-14H2,1H3. The molecule has 0 saturated heterocycles. The van der Waals surface area contributed by atoms with Gasteiger partial charge in [-0.2, -0.15) is 5.26 Å². The van der Waals surface area contributed by atoms with Gasteiger partial charge in [-0.1, -0.05) is 42.5 Å². The number of benzene rings is 2. The summed E-state index contributed by atoms with van der Waals surface area (Å²) in [6.07, 6.45) is 0. The van der Waals surface area contributed by atoms with Crippen LogP contribution in [0.25, 0.3) is 11.1 Å². The summed E-state index contributed by atoms with van der Waals surface area (Å²) in [5, 5.41) is 17.7. The molecule has 0 N–H and O–H groups in total. The molecule has 1 aromatic heterocycles. The molecule has 3 aromatic rings. The topological polar surface area (TPSA) is 57.7 Å². The molecule has 4 rings (SSSR count). The molecule has 0 unspecified atom stereocenters. The van der Waals surface area contributed by atoms with Gasteiger partial charge in [-0.25, -0.2) is 0 Å². The molecular weight excluding hydrogens is 310 g/mol. The zero-order valence-corrected chi connectivity index (χ0v) is 14.2.